The summed E-state index contributed by atoms with van der Waals surface area (Å²) in [6, 6.07) is 13.4. The third-order valence-corrected chi connectivity index (χ3v) is 5.89. The van der Waals surface area contributed by atoms with E-state index in [0.29, 0.717) is 38.4 Å². The Bertz CT molecular complexity index is 829. The van der Waals surface area contributed by atoms with Crippen molar-refractivity contribution in [2.75, 3.05) is 68.7 Å². The summed E-state index contributed by atoms with van der Waals surface area (Å²) in [5.41, 5.74) is 1.64. The minimum absolute atomic E-state index is 0.170. The number of carbonyl (C=O) groups excluding carboxylic acids is 1. The van der Waals surface area contributed by atoms with Crippen molar-refractivity contribution in [2.24, 2.45) is 0 Å². The number of para-hydroxylation sites is 1. The van der Waals surface area contributed by atoms with E-state index >= 15 is 0 Å². The maximum atomic E-state index is 14.0. The van der Waals surface area contributed by atoms with Gasteiger partial charge in [0.2, 0.25) is 0 Å². The number of carbonyl (C=O) groups is 1. The molecule has 0 aromatic heterocycles. The molecule has 0 saturated carbocycles. The number of benzene rings is 2. The molecule has 7 heteroatoms. The molecule has 154 valence electrons. The number of piperazine rings is 2. The second-order valence-electron chi connectivity index (χ2n) is 7.71. The van der Waals surface area contributed by atoms with Crippen molar-refractivity contribution in [3.8, 4) is 0 Å². The fourth-order valence-corrected chi connectivity index (χ4v) is 4.14. The second kappa shape index (κ2) is 8.78. The van der Waals surface area contributed by atoms with Crippen molar-refractivity contribution >= 4 is 17.3 Å². The Morgan fingerprint density at radius 3 is 2.14 bits per heavy atom. The summed E-state index contributed by atoms with van der Waals surface area (Å²) >= 11 is 0. The number of hydrogen-bond acceptors (Lipinski definition) is 3. The number of halogens is 2. The van der Waals surface area contributed by atoms with Crippen LogP contribution in [0.15, 0.2) is 48.5 Å². The molecule has 29 heavy (non-hydrogen) atoms. The molecule has 1 N–H and O–H groups in total. The fourth-order valence-electron chi connectivity index (χ4n) is 4.14. The molecule has 0 atom stereocenters. The van der Waals surface area contributed by atoms with E-state index < -0.39 is 0 Å². The number of nitrogens with one attached hydrogen (secondary N) is 1. The summed E-state index contributed by atoms with van der Waals surface area (Å²) in [5, 5.41) is 0. The Labute approximate surface area is 170 Å². The molecule has 0 radical (unpaired) electrons. The molecular weight excluding hydrogens is 374 g/mol. The average Bonchev–Trinajstić information content (AvgIpc) is 2.75. The molecule has 5 nitrogen and oxygen atoms in total. The van der Waals surface area contributed by atoms with E-state index in [1.54, 1.807) is 24.3 Å². The van der Waals surface area contributed by atoms with Gasteiger partial charge in [-0.05, 0) is 36.4 Å². The number of amides is 1. The van der Waals surface area contributed by atoms with Crippen LogP contribution >= 0.6 is 0 Å². The van der Waals surface area contributed by atoms with Gasteiger partial charge in [-0.1, -0.05) is 12.1 Å². The zero-order valence-electron chi connectivity index (χ0n) is 16.5. The first kappa shape index (κ1) is 19.6. The van der Waals surface area contributed by atoms with Gasteiger partial charge in [0.25, 0.3) is 5.91 Å². The lowest BCUT2D eigenvalue weighted by Crippen LogP contribution is -3.16. The molecule has 2 aliphatic heterocycles. The highest BCUT2D eigenvalue weighted by Crippen LogP contribution is 2.20. The maximum absolute atomic E-state index is 14.0. The summed E-state index contributed by atoms with van der Waals surface area (Å²) in [7, 11) is 0. The van der Waals surface area contributed by atoms with Crippen LogP contribution in [0.5, 0.6) is 0 Å². The molecule has 2 fully saturated rings. The molecule has 4 rings (SSSR count). The van der Waals surface area contributed by atoms with Gasteiger partial charge in [-0.25, -0.2) is 8.78 Å². The van der Waals surface area contributed by atoms with Crippen LogP contribution in [0, 0.1) is 11.6 Å². The van der Waals surface area contributed by atoms with Crippen LogP contribution in [0.4, 0.5) is 20.2 Å². The van der Waals surface area contributed by atoms with Gasteiger partial charge in [-0.3, -0.25) is 4.79 Å². The summed E-state index contributed by atoms with van der Waals surface area (Å²) < 4.78 is 27.1. The van der Waals surface area contributed by atoms with Crippen LogP contribution in [0.2, 0.25) is 0 Å². The largest absolute Gasteiger partial charge is 0.366 e. The minimum Gasteiger partial charge on any atom is -0.366 e. The van der Waals surface area contributed by atoms with Crippen LogP contribution in [0.25, 0.3) is 0 Å². The van der Waals surface area contributed by atoms with E-state index in [1.165, 1.54) is 23.1 Å². The van der Waals surface area contributed by atoms with Crippen molar-refractivity contribution < 1.29 is 18.5 Å². The third kappa shape index (κ3) is 4.67. The van der Waals surface area contributed by atoms with Crippen molar-refractivity contribution in [1.82, 2.24) is 4.90 Å². The van der Waals surface area contributed by atoms with Crippen molar-refractivity contribution in [1.29, 1.82) is 0 Å². The Balaban J connectivity index is 1.23. The highest BCUT2D eigenvalue weighted by molar-refractivity contribution is 5.77. The SMILES string of the molecule is O=C(C[NH+]1CCN(c2ccc(F)cc2)CC1)N1CCN(c2ccccc2F)CC1. The number of anilines is 2. The van der Waals surface area contributed by atoms with Gasteiger partial charge in [0.05, 0.1) is 31.9 Å². The number of nitrogens with zero attached hydrogens (tertiary/aromatic N) is 3. The van der Waals surface area contributed by atoms with Gasteiger partial charge in [0.1, 0.15) is 11.6 Å². The lowest BCUT2D eigenvalue weighted by Gasteiger charge is -2.37. The lowest BCUT2D eigenvalue weighted by atomic mass is 10.2. The topological polar surface area (TPSA) is 31.2 Å². The van der Waals surface area contributed by atoms with Crippen LogP contribution in [-0.2, 0) is 4.79 Å². The van der Waals surface area contributed by atoms with E-state index in [2.05, 4.69) is 4.90 Å². The quantitative estimate of drug-likeness (QED) is 0.830. The van der Waals surface area contributed by atoms with Crippen LogP contribution in [0.1, 0.15) is 0 Å². The highest BCUT2D eigenvalue weighted by Gasteiger charge is 2.27. The molecule has 0 aliphatic carbocycles. The smallest absolute Gasteiger partial charge is 0.277 e. The Morgan fingerprint density at radius 1 is 0.828 bits per heavy atom. The first-order valence-electron chi connectivity index (χ1n) is 10.2. The van der Waals surface area contributed by atoms with Gasteiger partial charge in [-0.2, -0.15) is 0 Å². The summed E-state index contributed by atoms with van der Waals surface area (Å²) in [5.74, 6) is -0.266. The summed E-state index contributed by atoms with van der Waals surface area (Å²) in [6.07, 6.45) is 0. The monoisotopic (exact) mass is 401 g/mol. The minimum atomic E-state index is -0.223. The molecule has 0 unspecified atom stereocenters. The molecule has 0 spiro atoms. The molecule has 2 aromatic rings. The zero-order chi connectivity index (χ0) is 20.2. The average molecular weight is 401 g/mol. The lowest BCUT2D eigenvalue weighted by molar-refractivity contribution is -0.892. The molecule has 1 amide bonds. The number of rotatable bonds is 4. The Hall–Kier alpha value is -2.67. The van der Waals surface area contributed by atoms with E-state index in [4.69, 9.17) is 0 Å². The van der Waals surface area contributed by atoms with Crippen molar-refractivity contribution in [3.63, 3.8) is 0 Å². The van der Waals surface area contributed by atoms with Crippen molar-refractivity contribution in [3.05, 3.63) is 60.2 Å². The third-order valence-electron chi connectivity index (χ3n) is 5.89. The predicted octanol–water partition coefficient (Wildman–Crippen LogP) is 1.02. The normalized spacial score (nSPS) is 18.2. The highest BCUT2D eigenvalue weighted by atomic mass is 19.1. The number of hydrogen-bond donors (Lipinski definition) is 1. The van der Waals surface area contributed by atoms with Crippen LogP contribution in [-0.4, -0.2) is 69.7 Å². The van der Waals surface area contributed by atoms with Gasteiger partial charge in [-0.15, -0.1) is 0 Å². The van der Waals surface area contributed by atoms with Crippen molar-refractivity contribution in [2.45, 2.75) is 0 Å². The Morgan fingerprint density at radius 2 is 1.48 bits per heavy atom. The van der Waals surface area contributed by atoms with E-state index in [0.717, 1.165) is 31.9 Å². The maximum Gasteiger partial charge on any atom is 0.277 e. The van der Waals surface area contributed by atoms with Crippen LogP contribution in [0.3, 0.4) is 0 Å². The predicted molar refractivity (Wildman–Crippen MR) is 109 cm³/mol. The van der Waals surface area contributed by atoms with E-state index in [-0.39, 0.29) is 17.5 Å². The second-order valence-corrected chi connectivity index (χ2v) is 7.71. The van der Waals surface area contributed by atoms with Crippen LogP contribution < -0.4 is 14.7 Å². The first-order valence-corrected chi connectivity index (χ1v) is 10.2. The molecule has 2 heterocycles. The van der Waals surface area contributed by atoms with Gasteiger partial charge in [0, 0.05) is 31.9 Å². The summed E-state index contributed by atoms with van der Waals surface area (Å²) in [4.78, 5) is 20.1. The molecular formula is C22H27F2N4O+. The fraction of sp³-hybridized carbons (Fsp3) is 0.409. The molecule has 2 saturated heterocycles. The van der Waals surface area contributed by atoms with Gasteiger partial charge < -0.3 is 19.6 Å². The molecule has 0 bridgehead atoms. The zero-order valence-corrected chi connectivity index (χ0v) is 16.5. The Kier molecular flexibility index (Phi) is 5.94. The molecule has 2 aromatic carbocycles. The van der Waals surface area contributed by atoms with E-state index in [9.17, 15) is 13.6 Å². The summed E-state index contributed by atoms with van der Waals surface area (Å²) in [6.45, 7) is 6.54. The van der Waals surface area contributed by atoms with Gasteiger partial charge >= 0.3 is 0 Å². The first-order chi connectivity index (χ1) is 14.1. The van der Waals surface area contributed by atoms with Gasteiger partial charge in [0.15, 0.2) is 6.54 Å². The standard InChI is InChI=1S/C22H26F2N4O/c23-18-5-7-19(8-6-18)26-11-9-25(10-12-26)17-22(29)28-15-13-27(14-16-28)21-4-2-1-3-20(21)24/h1-8H,9-17H2/p+1. The van der Waals surface area contributed by atoms with E-state index in [1.807, 2.05) is 15.9 Å². The number of quaternary nitrogens is 1. The molecule has 2 aliphatic rings.